The second-order valence-electron chi connectivity index (χ2n) is 8.12. The van der Waals surface area contributed by atoms with Crippen molar-refractivity contribution in [2.24, 2.45) is 5.41 Å². The first-order valence-electron chi connectivity index (χ1n) is 9.80. The van der Waals surface area contributed by atoms with Gasteiger partial charge in [-0.05, 0) is 63.1 Å². The van der Waals surface area contributed by atoms with Gasteiger partial charge in [-0.2, -0.15) is 18.4 Å². The van der Waals surface area contributed by atoms with E-state index < -0.39 is 23.2 Å². The Kier molecular flexibility index (Phi) is 5.79. The van der Waals surface area contributed by atoms with Crippen LogP contribution in [-0.2, 0) is 6.18 Å². The predicted octanol–water partition coefficient (Wildman–Crippen LogP) is 4.48. The standard InChI is InChI=1S/C20H25F3N4O2/c1-2-11-27(29)26-16-4-3-14(20(21,22)23)12-15(16)17(28)25-19-8-5-18(13-24,6-9-19)7-10-19/h3-4,12,26,29H,2,5-11H2,1H3,(H,25,28). The smallest absolute Gasteiger partial charge is 0.347 e. The van der Waals surface area contributed by atoms with Crippen molar-refractivity contribution < 1.29 is 23.2 Å². The quantitative estimate of drug-likeness (QED) is 0.602. The Bertz CT molecular complexity index is 794. The summed E-state index contributed by atoms with van der Waals surface area (Å²) < 4.78 is 39.6. The summed E-state index contributed by atoms with van der Waals surface area (Å²) in [7, 11) is 0. The van der Waals surface area contributed by atoms with Crippen LogP contribution in [0.1, 0.15) is 67.8 Å². The van der Waals surface area contributed by atoms with Crippen LogP contribution in [0.15, 0.2) is 18.2 Å². The Hall–Kier alpha value is -2.31. The fraction of sp³-hybridized carbons (Fsp3) is 0.600. The zero-order valence-corrected chi connectivity index (χ0v) is 16.3. The highest BCUT2D eigenvalue weighted by molar-refractivity contribution is 6.00. The molecule has 0 aliphatic heterocycles. The van der Waals surface area contributed by atoms with E-state index in [1.165, 1.54) is 0 Å². The monoisotopic (exact) mass is 410 g/mol. The van der Waals surface area contributed by atoms with Crippen LogP contribution in [0.25, 0.3) is 0 Å². The van der Waals surface area contributed by atoms with Gasteiger partial charge in [-0.25, -0.2) is 0 Å². The highest BCUT2D eigenvalue weighted by Gasteiger charge is 2.49. The van der Waals surface area contributed by atoms with Gasteiger partial charge in [0.25, 0.3) is 5.91 Å². The molecule has 1 aromatic carbocycles. The molecule has 3 saturated carbocycles. The Morgan fingerprint density at radius 3 is 2.38 bits per heavy atom. The summed E-state index contributed by atoms with van der Waals surface area (Å²) in [5.41, 5.74) is 0.753. The highest BCUT2D eigenvalue weighted by Crippen LogP contribution is 2.52. The molecule has 0 aromatic heterocycles. The molecule has 0 unspecified atom stereocenters. The van der Waals surface area contributed by atoms with E-state index in [0.29, 0.717) is 44.9 Å². The van der Waals surface area contributed by atoms with Crippen LogP contribution >= 0.6 is 0 Å². The Morgan fingerprint density at radius 2 is 1.86 bits per heavy atom. The Balaban J connectivity index is 1.85. The molecule has 3 aliphatic rings. The van der Waals surface area contributed by atoms with E-state index in [2.05, 4.69) is 16.8 Å². The lowest BCUT2D eigenvalue weighted by molar-refractivity contribution is -0.137. The summed E-state index contributed by atoms with van der Waals surface area (Å²) in [5, 5.41) is 23.0. The maximum atomic E-state index is 13.2. The van der Waals surface area contributed by atoms with Gasteiger partial charge in [-0.3, -0.25) is 15.4 Å². The number of amides is 1. The van der Waals surface area contributed by atoms with E-state index in [1.807, 2.05) is 6.92 Å². The third-order valence-electron chi connectivity index (χ3n) is 6.14. The van der Waals surface area contributed by atoms with Gasteiger partial charge in [0.15, 0.2) is 0 Å². The molecule has 0 spiro atoms. The molecule has 4 rings (SSSR count). The van der Waals surface area contributed by atoms with Crippen molar-refractivity contribution in [1.29, 1.82) is 5.26 Å². The van der Waals surface area contributed by atoms with Crippen LogP contribution in [0.4, 0.5) is 18.9 Å². The van der Waals surface area contributed by atoms with E-state index in [-0.39, 0.29) is 23.2 Å². The van der Waals surface area contributed by atoms with Gasteiger partial charge in [0.2, 0.25) is 0 Å². The number of rotatable bonds is 6. The summed E-state index contributed by atoms with van der Waals surface area (Å²) in [6, 6.07) is 5.22. The first kappa shape index (κ1) is 21.4. The molecule has 29 heavy (non-hydrogen) atoms. The van der Waals surface area contributed by atoms with E-state index in [1.54, 1.807) is 0 Å². The molecule has 158 valence electrons. The third kappa shape index (κ3) is 4.49. The lowest BCUT2D eigenvalue weighted by atomic mass is 9.58. The summed E-state index contributed by atoms with van der Waals surface area (Å²) in [4.78, 5) is 13.0. The summed E-state index contributed by atoms with van der Waals surface area (Å²) in [5.74, 6) is -0.616. The zero-order valence-electron chi connectivity index (χ0n) is 16.3. The fourth-order valence-electron chi connectivity index (χ4n) is 4.26. The maximum absolute atomic E-state index is 13.2. The van der Waals surface area contributed by atoms with Gasteiger partial charge >= 0.3 is 6.18 Å². The van der Waals surface area contributed by atoms with Gasteiger partial charge in [0, 0.05) is 12.1 Å². The number of halogens is 3. The van der Waals surface area contributed by atoms with Crippen molar-refractivity contribution in [2.45, 2.75) is 63.6 Å². The average molecular weight is 410 g/mol. The Morgan fingerprint density at radius 1 is 1.24 bits per heavy atom. The summed E-state index contributed by atoms with van der Waals surface area (Å²) >= 11 is 0. The minimum Gasteiger partial charge on any atom is -0.347 e. The van der Waals surface area contributed by atoms with Crippen molar-refractivity contribution in [3.05, 3.63) is 29.3 Å². The molecule has 0 atom stereocenters. The van der Waals surface area contributed by atoms with Crippen LogP contribution in [-0.4, -0.2) is 28.4 Å². The van der Waals surface area contributed by atoms with Crippen molar-refractivity contribution in [2.75, 3.05) is 12.0 Å². The maximum Gasteiger partial charge on any atom is 0.416 e. The molecule has 3 fully saturated rings. The number of hydroxylamine groups is 1. The highest BCUT2D eigenvalue weighted by atomic mass is 19.4. The number of hydrogen-bond donors (Lipinski definition) is 3. The number of alkyl halides is 3. The van der Waals surface area contributed by atoms with Crippen LogP contribution < -0.4 is 10.7 Å². The summed E-state index contributed by atoms with van der Waals surface area (Å²) in [6.45, 7) is 2.07. The Labute approximate surface area is 167 Å². The van der Waals surface area contributed by atoms with Crippen molar-refractivity contribution in [3.63, 3.8) is 0 Å². The number of hydrogen-bond acceptors (Lipinski definition) is 5. The van der Waals surface area contributed by atoms with E-state index in [0.717, 1.165) is 23.4 Å². The van der Waals surface area contributed by atoms with Gasteiger partial charge in [0.05, 0.1) is 28.3 Å². The first-order chi connectivity index (χ1) is 13.6. The van der Waals surface area contributed by atoms with Crippen LogP contribution in [0.2, 0.25) is 0 Å². The van der Waals surface area contributed by atoms with Crippen LogP contribution in [0, 0.1) is 16.7 Å². The van der Waals surface area contributed by atoms with Gasteiger partial charge in [-0.1, -0.05) is 6.92 Å². The number of carbonyl (C=O) groups is 1. The zero-order chi connectivity index (χ0) is 21.3. The molecule has 0 heterocycles. The number of nitrogens with zero attached hydrogens (tertiary/aromatic N) is 2. The molecule has 0 radical (unpaired) electrons. The molecule has 3 N–H and O–H groups in total. The number of benzene rings is 1. The minimum atomic E-state index is -4.59. The first-order valence-corrected chi connectivity index (χ1v) is 9.80. The number of nitrogens with one attached hydrogen (secondary N) is 2. The molecule has 2 bridgehead atoms. The van der Waals surface area contributed by atoms with Crippen molar-refractivity contribution >= 4 is 11.6 Å². The topological polar surface area (TPSA) is 88.4 Å². The molecule has 1 aromatic rings. The van der Waals surface area contributed by atoms with Crippen LogP contribution in [0.3, 0.4) is 0 Å². The van der Waals surface area contributed by atoms with E-state index >= 15 is 0 Å². The van der Waals surface area contributed by atoms with Gasteiger partial charge in [-0.15, -0.1) is 5.17 Å². The van der Waals surface area contributed by atoms with Gasteiger partial charge in [0.1, 0.15) is 0 Å². The number of anilines is 1. The average Bonchev–Trinajstić information content (AvgIpc) is 2.69. The van der Waals surface area contributed by atoms with E-state index in [4.69, 9.17) is 0 Å². The molecule has 9 heteroatoms. The number of hydrazine groups is 1. The number of carbonyl (C=O) groups excluding carboxylic acids is 1. The fourth-order valence-corrected chi connectivity index (χ4v) is 4.26. The van der Waals surface area contributed by atoms with Gasteiger partial charge < -0.3 is 5.32 Å². The minimum absolute atomic E-state index is 0.0980. The lowest BCUT2D eigenvalue weighted by Gasteiger charge is -2.50. The van der Waals surface area contributed by atoms with E-state index in [9.17, 15) is 28.4 Å². The second-order valence-corrected chi connectivity index (χ2v) is 8.12. The molecular formula is C20H25F3N4O2. The molecule has 3 aliphatic carbocycles. The SMILES string of the molecule is CCCN(O)Nc1ccc(C(F)(F)F)cc1C(=O)NC12CCC(C#N)(CC1)CC2. The molecule has 1 amide bonds. The second kappa shape index (κ2) is 7.84. The molecule has 0 saturated heterocycles. The number of fused-ring (bicyclic) bond motifs is 3. The largest absolute Gasteiger partial charge is 0.416 e. The van der Waals surface area contributed by atoms with Crippen molar-refractivity contribution in [1.82, 2.24) is 10.5 Å². The number of nitriles is 1. The van der Waals surface area contributed by atoms with Crippen molar-refractivity contribution in [3.8, 4) is 6.07 Å². The normalized spacial score (nSPS) is 26.2. The lowest BCUT2D eigenvalue weighted by Crippen LogP contribution is -2.56. The molecule has 6 nitrogen and oxygen atoms in total. The predicted molar refractivity (Wildman–Crippen MR) is 99.8 cm³/mol. The van der Waals surface area contributed by atoms with Crippen LogP contribution in [0.5, 0.6) is 0 Å². The third-order valence-corrected chi connectivity index (χ3v) is 6.14. The summed E-state index contributed by atoms with van der Waals surface area (Å²) in [6.07, 6.45) is -0.0389. The molecular weight excluding hydrogens is 385 g/mol.